The molecule has 0 aromatic rings. The number of amides is 1. The van der Waals surface area contributed by atoms with E-state index in [-0.39, 0.29) is 24.5 Å². The minimum atomic E-state index is -0.0911. The van der Waals surface area contributed by atoms with Crippen LogP contribution >= 0.6 is 0 Å². The summed E-state index contributed by atoms with van der Waals surface area (Å²) in [5.41, 5.74) is 0. The molecule has 0 radical (unpaired) electrons. The predicted molar refractivity (Wildman–Crippen MR) is 65.7 cm³/mol. The quantitative estimate of drug-likeness (QED) is 0.577. The number of nitrogens with one attached hydrogen (secondary N) is 2. The fraction of sp³-hybridized carbons (Fsp3) is 0.917. The smallest absolute Gasteiger partial charge is 0.227 e. The largest absolute Gasteiger partial charge is 0.396 e. The normalized spacial score (nSPS) is 25.8. The molecule has 100 valence electrons. The summed E-state index contributed by atoms with van der Waals surface area (Å²) in [6, 6.07) is 0.118. The summed E-state index contributed by atoms with van der Waals surface area (Å²) in [4.78, 5) is 11.9. The molecule has 0 spiro atoms. The van der Waals surface area contributed by atoms with Crippen molar-refractivity contribution in [1.29, 1.82) is 0 Å². The van der Waals surface area contributed by atoms with E-state index in [2.05, 4.69) is 17.6 Å². The molecule has 1 aliphatic heterocycles. The molecular formula is C12H24N2O3. The van der Waals surface area contributed by atoms with Crippen LogP contribution in [0.5, 0.6) is 0 Å². The Bertz CT molecular complexity index is 236. The van der Waals surface area contributed by atoms with Crippen molar-refractivity contribution in [3.05, 3.63) is 0 Å². The summed E-state index contributed by atoms with van der Waals surface area (Å²) >= 11 is 0. The molecule has 1 saturated heterocycles. The summed E-state index contributed by atoms with van der Waals surface area (Å²) in [7, 11) is 1.85. The van der Waals surface area contributed by atoms with E-state index in [1.165, 1.54) is 0 Å². The second kappa shape index (κ2) is 7.63. The monoisotopic (exact) mass is 244 g/mol. The summed E-state index contributed by atoms with van der Waals surface area (Å²) in [6.45, 7) is 3.99. The summed E-state index contributed by atoms with van der Waals surface area (Å²) in [6.07, 6.45) is 1.71. The number of ether oxygens (including phenoxy) is 1. The second-order valence-electron chi connectivity index (χ2n) is 4.57. The van der Waals surface area contributed by atoms with E-state index in [4.69, 9.17) is 9.84 Å². The molecule has 1 fully saturated rings. The van der Waals surface area contributed by atoms with E-state index in [1.54, 1.807) is 0 Å². The number of carbonyl (C=O) groups excluding carboxylic acids is 1. The van der Waals surface area contributed by atoms with E-state index in [1.807, 2.05) is 7.05 Å². The van der Waals surface area contributed by atoms with Gasteiger partial charge in [-0.25, -0.2) is 0 Å². The van der Waals surface area contributed by atoms with Gasteiger partial charge in [0.15, 0.2) is 0 Å². The van der Waals surface area contributed by atoms with Gasteiger partial charge in [0.2, 0.25) is 5.91 Å². The zero-order valence-electron chi connectivity index (χ0n) is 10.7. The molecule has 5 nitrogen and oxygen atoms in total. The Kier molecular flexibility index (Phi) is 6.47. The van der Waals surface area contributed by atoms with Crippen molar-refractivity contribution < 1.29 is 14.6 Å². The van der Waals surface area contributed by atoms with Gasteiger partial charge in [0.1, 0.15) is 0 Å². The highest BCUT2D eigenvalue weighted by Gasteiger charge is 2.32. The van der Waals surface area contributed by atoms with Gasteiger partial charge in [0.05, 0.1) is 19.1 Å². The maximum atomic E-state index is 11.9. The molecule has 1 aliphatic rings. The third-order valence-corrected chi connectivity index (χ3v) is 3.47. The first kappa shape index (κ1) is 14.4. The van der Waals surface area contributed by atoms with Gasteiger partial charge < -0.3 is 20.5 Å². The van der Waals surface area contributed by atoms with Gasteiger partial charge in [-0.3, -0.25) is 4.79 Å². The van der Waals surface area contributed by atoms with Gasteiger partial charge in [-0.2, -0.15) is 0 Å². The fourth-order valence-electron chi connectivity index (χ4n) is 2.11. The number of carbonyl (C=O) groups is 1. The molecule has 1 amide bonds. The Morgan fingerprint density at radius 2 is 2.29 bits per heavy atom. The minimum Gasteiger partial charge on any atom is -0.396 e. The van der Waals surface area contributed by atoms with Crippen molar-refractivity contribution in [2.45, 2.75) is 25.8 Å². The first-order valence-electron chi connectivity index (χ1n) is 6.36. The first-order valence-corrected chi connectivity index (χ1v) is 6.36. The minimum absolute atomic E-state index is 0.0539. The Labute approximate surface area is 103 Å². The summed E-state index contributed by atoms with van der Waals surface area (Å²) in [5, 5.41) is 14.9. The van der Waals surface area contributed by atoms with Crippen molar-refractivity contribution in [3.63, 3.8) is 0 Å². The average molecular weight is 244 g/mol. The number of aliphatic hydroxyl groups excluding tert-OH is 1. The highest BCUT2D eigenvalue weighted by Crippen LogP contribution is 2.14. The highest BCUT2D eigenvalue weighted by atomic mass is 16.5. The highest BCUT2D eigenvalue weighted by molar-refractivity contribution is 5.79. The molecular weight excluding hydrogens is 220 g/mol. The molecule has 5 heteroatoms. The molecule has 0 saturated carbocycles. The Morgan fingerprint density at radius 1 is 1.53 bits per heavy atom. The molecule has 1 rings (SSSR count). The van der Waals surface area contributed by atoms with Crippen LogP contribution < -0.4 is 10.6 Å². The summed E-state index contributed by atoms with van der Waals surface area (Å²) in [5.74, 6) is 0.323. The maximum absolute atomic E-state index is 11.9. The van der Waals surface area contributed by atoms with Crippen molar-refractivity contribution >= 4 is 5.91 Å². The van der Waals surface area contributed by atoms with E-state index >= 15 is 0 Å². The zero-order chi connectivity index (χ0) is 12.7. The molecule has 0 aromatic carbocycles. The van der Waals surface area contributed by atoms with Crippen LogP contribution in [-0.4, -0.2) is 50.5 Å². The van der Waals surface area contributed by atoms with Crippen molar-refractivity contribution in [1.82, 2.24) is 10.6 Å². The van der Waals surface area contributed by atoms with Gasteiger partial charge in [-0.1, -0.05) is 13.3 Å². The lowest BCUT2D eigenvalue weighted by Gasteiger charge is -2.19. The van der Waals surface area contributed by atoms with Crippen LogP contribution in [0.2, 0.25) is 0 Å². The molecule has 0 bridgehead atoms. The van der Waals surface area contributed by atoms with E-state index < -0.39 is 0 Å². The molecule has 3 atom stereocenters. The van der Waals surface area contributed by atoms with Crippen LogP contribution in [0.15, 0.2) is 0 Å². The van der Waals surface area contributed by atoms with Gasteiger partial charge >= 0.3 is 0 Å². The molecule has 0 aromatic heterocycles. The lowest BCUT2D eigenvalue weighted by Crippen LogP contribution is -2.43. The van der Waals surface area contributed by atoms with Crippen molar-refractivity contribution in [2.75, 3.05) is 33.4 Å². The van der Waals surface area contributed by atoms with Gasteiger partial charge in [0, 0.05) is 19.2 Å². The summed E-state index contributed by atoms with van der Waals surface area (Å²) < 4.78 is 5.30. The van der Waals surface area contributed by atoms with Gasteiger partial charge in [-0.15, -0.1) is 0 Å². The standard InChI is InChI=1S/C12H24N2O3/c1-3-9(4-5-15)6-14-12(16)10-7-17-8-11(10)13-2/h9-11,13,15H,3-8H2,1-2H3,(H,14,16). The predicted octanol–water partition coefficient (Wildman–Crippen LogP) is -0.254. The van der Waals surface area contributed by atoms with Gasteiger partial charge in [-0.05, 0) is 19.4 Å². The van der Waals surface area contributed by atoms with Crippen LogP contribution in [0.3, 0.4) is 0 Å². The Balaban J connectivity index is 2.33. The molecule has 3 unspecified atom stereocenters. The first-order chi connectivity index (χ1) is 8.22. The van der Waals surface area contributed by atoms with E-state index in [0.29, 0.717) is 25.7 Å². The van der Waals surface area contributed by atoms with Crippen LogP contribution in [0.4, 0.5) is 0 Å². The molecule has 1 heterocycles. The third kappa shape index (κ3) is 4.26. The number of hydrogen-bond acceptors (Lipinski definition) is 4. The molecule has 17 heavy (non-hydrogen) atoms. The second-order valence-corrected chi connectivity index (χ2v) is 4.57. The molecule has 3 N–H and O–H groups in total. The van der Waals surface area contributed by atoms with Crippen LogP contribution in [0, 0.1) is 11.8 Å². The van der Waals surface area contributed by atoms with Crippen LogP contribution in [0.25, 0.3) is 0 Å². The lowest BCUT2D eigenvalue weighted by molar-refractivity contribution is -0.125. The Morgan fingerprint density at radius 3 is 2.88 bits per heavy atom. The van der Waals surface area contributed by atoms with Crippen molar-refractivity contribution in [2.24, 2.45) is 11.8 Å². The number of hydrogen-bond donors (Lipinski definition) is 3. The number of likely N-dealkylation sites (N-methyl/N-ethyl adjacent to an activating group) is 1. The van der Waals surface area contributed by atoms with Gasteiger partial charge in [0.25, 0.3) is 0 Å². The number of aliphatic hydroxyl groups is 1. The lowest BCUT2D eigenvalue weighted by atomic mass is 10.0. The topological polar surface area (TPSA) is 70.6 Å². The number of rotatable bonds is 7. The van der Waals surface area contributed by atoms with Crippen molar-refractivity contribution in [3.8, 4) is 0 Å². The Hall–Kier alpha value is -0.650. The fourth-order valence-corrected chi connectivity index (χ4v) is 2.11. The molecule has 0 aliphatic carbocycles. The van der Waals surface area contributed by atoms with Crippen LogP contribution in [0.1, 0.15) is 19.8 Å². The third-order valence-electron chi connectivity index (χ3n) is 3.47. The van der Waals surface area contributed by atoms with E-state index in [0.717, 1.165) is 12.8 Å². The van der Waals surface area contributed by atoms with Crippen LogP contribution in [-0.2, 0) is 9.53 Å². The maximum Gasteiger partial charge on any atom is 0.227 e. The average Bonchev–Trinajstić information content (AvgIpc) is 2.82. The zero-order valence-corrected chi connectivity index (χ0v) is 10.7. The van der Waals surface area contributed by atoms with E-state index in [9.17, 15) is 4.79 Å². The SMILES string of the molecule is CCC(CCO)CNC(=O)C1COCC1NC.